The Labute approximate surface area is 150 Å². The predicted molar refractivity (Wildman–Crippen MR) is 99.4 cm³/mol. The molecule has 132 valence electrons. The zero-order chi connectivity index (χ0) is 17.6. The smallest absolute Gasteiger partial charge is 0.222 e. The van der Waals surface area contributed by atoms with Crippen molar-refractivity contribution in [3.63, 3.8) is 0 Å². The van der Waals surface area contributed by atoms with Gasteiger partial charge >= 0.3 is 0 Å². The highest BCUT2D eigenvalue weighted by molar-refractivity contribution is 5.76. The lowest BCUT2D eigenvalue weighted by Gasteiger charge is -2.32. The summed E-state index contributed by atoms with van der Waals surface area (Å²) in [6, 6.07) is 12.3. The van der Waals surface area contributed by atoms with Crippen molar-refractivity contribution in [1.29, 1.82) is 0 Å². The summed E-state index contributed by atoms with van der Waals surface area (Å²) in [5.41, 5.74) is 2.36. The molecule has 1 aromatic heterocycles. The minimum absolute atomic E-state index is 0.271. The third kappa shape index (κ3) is 4.65. The average Bonchev–Trinajstić information content (AvgIpc) is 2.67. The van der Waals surface area contributed by atoms with Gasteiger partial charge < -0.3 is 4.90 Å². The monoisotopic (exact) mass is 337 g/mol. The van der Waals surface area contributed by atoms with Crippen molar-refractivity contribution in [2.45, 2.75) is 51.4 Å². The van der Waals surface area contributed by atoms with Crippen molar-refractivity contribution >= 4 is 5.91 Å². The molecule has 2 aromatic rings. The van der Waals surface area contributed by atoms with Gasteiger partial charge in [0.05, 0.1) is 0 Å². The molecular formula is C21H27N3O. The van der Waals surface area contributed by atoms with Gasteiger partial charge in [0.1, 0.15) is 5.82 Å². The average molecular weight is 337 g/mol. The van der Waals surface area contributed by atoms with Crippen LogP contribution in [-0.4, -0.2) is 33.9 Å². The number of likely N-dealkylation sites (tertiary alicyclic amines) is 1. The molecule has 25 heavy (non-hydrogen) atoms. The molecule has 4 nitrogen and oxygen atoms in total. The number of hydrogen-bond acceptors (Lipinski definition) is 3. The molecule has 0 radical (unpaired) electrons. The van der Waals surface area contributed by atoms with Crippen LogP contribution >= 0.6 is 0 Å². The molecule has 0 spiro atoms. The van der Waals surface area contributed by atoms with Gasteiger partial charge in [0.25, 0.3) is 0 Å². The van der Waals surface area contributed by atoms with E-state index in [0.29, 0.717) is 18.3 Å². The van der Waals surface area contributed by atoms with E-state index in [4.69, 9.17) is 4.98 Å². The fraction of sp³-hybridized carbons (Fsp3) is 0.476. The Morgan fingerprint density at radius 1 is 1.16 bits per heavy atom. The number of rotatable bonds is 5. The van der Waals surface area contributed by atoms with Gasteiger partial charge in [-0.25, -0.2) is 9.97 Å². The number of nitrogens with zero attached hydrogens (tertiary/aromatic N) is 3. The lowest BCUT2D eigenvalue weighted by molar-refractivity contribution is -0.132. The lowest BCUT2D eigenvalue weighted by Crippen LogP contribution is -2.38. The maximum Gasteiger partial charge on any atom is 0.222 e. The maximum absolute atomic E-state index is 12.5. The Kier molecular flexibility index (Phi) is 5.79. The number of carbonyl (C=O) groups is 1. The summed E-state index contributed by atoms with van der Waals surface area (Å²) in [4.78, 5) is 23.6. The van der Waals surface area contributed by atoms with Crippen LogP contribution in [-0.2, 0) is 11.2 Å². The predicted octanol–water partition coefficient (Wildman–Crippen LogP) is 3.94. The molecule has 1 aliphatic heterocycles. The van der Waals surface area contributed by atoms with Gasteiger partial charge in [0.2, 0.25) is 5.91 Å². The molecule has 0 atom stereocenters. The summed E-state index contributed by atoms with van der Waals surface area (Å²) >= 11 is 0. The topological polar surface area (TPSA) is 46.1 Å². The summed E-state index contributed by atoms with van der Waals surface area (Å²) < 4.78 is 0. The van der Waals surface area contributed by atoms with Gasteiger partial charge in [-0.3, -0.25) is 4.79 Å². The highest BCUT2D eigenvalue weighted by Crippen LogP contribution is 2.27. The quantitative estimate of drug-likeness (QED) is 0.830. The summed E-state index contributed by atoms with van der Waals surface area (Å²) in [5.74, 6) is 1.98. The van der Waals surface area contributed by atoms with E-state index in [9.17, 15) is 4.79 Å². The van der Waals surface area contributed by atoms with Gasteiger partial charge in [0, 0.05) is 43.2 Å². The standard InChI is InChI=1S/C21H27N3O/c1-16(2)21-22-13-10-19(23-21)18-11-14-24(15-12-18)20(25)9-8-17-6-4-3-5-7-17/h3-7,10,13,16,18H,8-9,11-12,14-15H2,1-2H3. The van der Waals surface area contributed by atoms with E-state index in [0.717, 1.165) is 43.9 Å². The Bertz CT molecular complexity index is 691. The first-order valence-corrected chi connectivity index (χ1v) is 9.28. The highest BCUT2D eigenvalue weighted by atomic mass is 16.2. The van der Waals surface area contributed by atoms with E-state index in [1.807, 2.05) is 35.4 Å². The van der Waals surface area contributed by atoms with E-state index in [-0.39, 0.29) is 5.91 Å². The van der Waals surface area contributed by atoms with Crippen LogP contribution in [0.5, 0.6) is 0 Å². The van der Waals surface area contributed by atoms with E-state index in [2.05, 4.69) is 31.0 Å². The SMILES string of the molecule is CC(C)c1nccc(C2CCN(C(=O)CCc3ccccc3)CC2)n1. The van der Waals surface area contributed by atoms with Crippen LogP contribution in [0, 0.1) is 0 Å². The molecule has 1 fully saturated rings. The Morgan fingerprint density at radius 3 is 2.56 bits per heavy atom. The van der Waals surface area contributed by atoms with Crippen LogP contribution < -0.4 is 0 Å². The van der Waals surface area contributed by atoms with Crippen molar-refractivity contribution in [3.05, 3.63) is 59.7 Å². The second kappa shape index (κ2) is 8.24. The number of amides is 1. The van der Waals surface area contributed by atoms with Crippen LogP contribution in [0.4, 0.5) is 0 Å². The summed E-state index contributed by atoms with van der Waals surface area (Å²) in [6.45, 7) is 5.90. The molecule has 1 aromatic carbocycles. The molecule has 0 N–H and O–H groups in total. The molecule has 0 unspecified atom stereocenters. The van der Waals surface area contributed by atoms with E-state index in [1.54, 1.807) is 0 Å². The minimum atomic E-state index is 0.271. The van der Waals surface area contributed by atoms with Crippen molar-refractivity contribution in [3.8, 4) is 0 Å². The third-order valence-electron chi connectivity index (χ3n) is 4.95. The molecule has 1 saturated heterocycles. The number of aromatic nitrogens is 2. The number of benzene rings is 1. The number of carbonyl (C=O) groups excluding carboxylic acids is 1. The maximum atomic E-state index is 12.5. The molecule has 0 bridgehead atoms. The van der Waals surface area contributed by atoms with Gasteiger partial charge in [-0.1, -0.05) is 44.2 Å². The lowest BCUT2D eigenvalue weighted by atomic mass is 9.93. The van der Waals surface area contributed by atoms with Crippen LogP contribution in [0.2, 0.25) is 0 Å². The van der Waals surface area contributed by atoms with Crippen molar-refractivity contribution < 1.29 is 4.79 Å². The molecule has 0 saturated carbocycles. The number of piperidine rings is 1. The van der Waals surface area contributed by atoms with Gasteiger partial charge in [0.15, 0.2) is 0 Å². The van der Waals surface area contributed by atoms with Crippen molar-refractivity contribution in [2.24, 2.45) is 0 Å². The molecule has 0 aliphatic carbocycles. The summed E-state index contributed by atoms with van der Waals surface area (Å²) in [7, 11) is 0. The largest absolute Gasteiger partial charge is 0.343 e. The van der Waals surface area contributed by atoms with Crippen molar-refractivity contribution in [1.82, 2.24) is 14.9 Å². The van der Waals surface area contributed by atoms with Crippen LogP contribution in [0.25, 0.3) is 0 Å². The highest BCUT2D eigenvalue weighted by Gasteiger charge is 2.24. The number of hydrogen-bond donors (Lipinski definition) is 0. The first kappa shape index (κ1) is 17.6. The van der Waals surface area contributed by atoms with Crippen LogP contribution in [0.15, 0.2) is 42.6 Å². The van der Waals surface area contributed by atoms with Gasteiger partial charge in [-0.15, -0.1) is 0 Å². The summed E-state index contributed by atoms with van der Waals surface area (Å²) in [5, 5.41) is 0. The van der Waals surface area contributed by atoms with Crippen LogP contribution in [0.3, 0.4) is 0 Å². The van der Waals surface area contributed by atoms with E-state index >= 15 is 0 Å². The van der Waals surface area contributed by atoms with Crippen LogP contribution in [0.1, 0.15) is 62.0 Å². The Morgan fingerprint density at radius 2 is 1.88 bits per heavy atom. The summed E-state index contributed by atoms with van der Waals surface area (Å²) in [6.07, 6.45) is 5.27. The minimum Gasteiger partial charge on any atom is -0.343 e. The first-order valence-electron chi connectivity index (χ1n) is 9.28. The fourth-order valence-electron chi connectivity index (χ4n) is 3.37. The molecule has 1 aliphatic rings. The zero-order valence-corrected chi connectivity index (χ0v) is 15.2. The fourth-order valence-corrected chi connectivity index (χ4v) is 3.37. The second-order valence-corrected chi connectivity index (χ2v) is 7.14. The third-order valence-corrected chi connectivity index (χ3v) is 4.95. The molecular weight excluding hydrogens is 310 g/mol. The first-order chi connectivity index (χ1) is 12.1. The van der Waals surface area contributed by atoms with Gasteiger partial charge in [-0.05, 0) is 30.9 Å². The van der Waals surface area contributed by atoms with Crippen molar-refractivity contribution in [2.75, 3.05) is 13.1 Å². The normalized spacial score (nSPS) is 15.6. The molecule has 3 rings (SSSR count). The van der Waals surface area contributed by atoms with E-state index in [1.165, 1.54) is 5.56 Å². The molecule has 1 amide bonds. The van der Waals surface area contributed by atoms with E-state index < -0.39 is 0 Å². The van der Waals surface area contributed by atoms with Gasteiger partial charge in [-0.2, -0.15) is 0 Å². The Hall–Kier alpha value is -2.23. The molecule has 4 heteroatoms. The number of aryl methyl sites for hydroxylation is 1. The second-order valence-electron chi connectivity index (χ2n) is 7.14. The Balaban J connectivity index is 1.51. The molecule has 2 heterocycles. The zero-order valence-electron chi connectivity index (χ0n) is 15.2.